The van der Waals surface area contributed by atoms with Gasteiger partial charge in [0.15, 0.2) is 0 Å². The minimum atomic E-state index is -3.97. The van der Waals surface area contributed by atoms with Gasteiger partial charge in [-0.2, -0.15) is 5.10 Å². The van der Waals surface area contributed by atoms with Crippen molar-refractivity contribution < 1.29 is 17.9 Å². The third-order valence-corrected chi connectivity index (χ3v) is 3.91. The molecule has 2 N–H and O–H groups in total. The quantitative estimate of drug-likeness (QED) is 0.872. The van der Waals surface area contributed by atoms with Crippen molar-refractivity contribution in [2.24, 2.45) is 7.05 Å². The minimum absolute atomic E-state index is 0.123. The summed E-state index contributed by atoms with van der Waals surface area (Å²) in [4.78, 5) is -0.293. The predicted octanol–water partition coefficient (Wildman–Crippen LogP) is 0.852. The zero-order chi connectivity index (χ0) is 14.0. The Morgan fingerprint density at radius 3 is 2.79 bits per heavy atom. The van der Waals surface area contributed by atoms with Crippen LogP contribution >= 0.6 is 0 Å². The summed E-state index contributed by atoms with van der Waals surface area (Å²) in [5.41, 5.74) is 0.383. The van der Waals surface area contributed by atoms with Crippen LogP contribution in [0.1, 0.15) is 5.56 Å². The van der Waals surface area contributed by atoms with Gasteiger partial charge in [0.2, 0.25) is 0 Å². The van der Waals surface area contributed by atoms with E-state index in [2.05, 4.69) is 9.82 Å². The third kappa shape index (κ3) is 2.91. The van der Waals surface area contributed by atoms with Gasteiger partial charge in [0.05, 0.1) is 23.4 Å². The second-order valence-corrected chi connectivity index (χ2v) is 5.57. The smallest absolute Gasteiger partial charge is 0.262 e. The van der Waals surface area contributed by atoms with Gasteiger partial charge in [-0.25, -0.2) is 12.8 Å². The van der Waals surface area contributed by atoms with E-state index in [1.165, 1.54) is 23.1 Å². The number of anilines is 1. The highest BCUT2D eigenvalue weighted by molar-refractivity contribution is 7.92. The van der Waals surface area contributed by atoms with E-state index in [0.717, 1.165) is 12.1 Å². The molecule has 0 amide bonds. The fourth-order valence-corrected chi connectivity index (χ4v) is 2.86. The number of aromatic nitrogens is 2. The van der Waals surface area contributed by atoms with E-state index < -0.39 is 22.4 Å². The van der Waals surface area contributed by atoms with Crippen molar-refractivity contribution in [1.82, 2.24) is 9.78 Å². The van der Waals surface area contributed by atoms with Crippen LogP contribution < -0.4 is 4.72 Å². The number of aryl methyl sites for hydroxylation is 1. The highest BCUT2D eigenvalue weighted by Gasteiger charge is 2.19. The van der Waals surface area contributed by atoms with Crippen molar-refractivity contribution in [1.29, 1.82) is 0 Å². The Bertz CT molecular complexity index is 697. The van der Waals surface area contributed by atoms with Crippen LogP contribution in [0, 0.1) is 5.82 Å². The summed E-state index contributed by atoms with van der Waals surface area (Å²) < 4.78 is 41.1. The number of benzene rings is 1. The molecule has 0 spiro atoms. The zero-order valence-electron chi connectivity index (χ0n) is 10.0. The highest BCUT2D eigenvalue weighted by atomic mass is 32.2. The first-order chi connectivity index (χ1) is 8.92. The Balaban J connectivity index is 2.41. The molecule has 0 aliphatic heterocycles. The number of nitrogens with one attached hydrogen (secondary N) is 1. The summed E-state index contributed by atoms with van der Waals surface area (Å²) in [7, 11) is -2.33. The van der Waals surface area contributed by atoms with Crippen molar-refractivity contribution in [3.63, 3.8) is 0 Å². The summed E-state index contributed by atoms with van der Waals surface area (Å²) in [6, 6.07) is 3.19. The van der Waals surface area contributed by atoms with Crippen LogP contribution in [-0.2, 0) is 23.7 Å². The molecule has 6 nitrogen and oxygen atoms in total. The summed E-state index contributed by atoms with van der Waals surface area (Å²) in [6.45, 7) is -0.496. The molecule has 8 heteroatoms. The molecule has 2 aromatic rings. The molecular weight excluding hydrogens is 273 g/mol. The Labute approximate surface area is 109 Å². The molecule has 1 aromatic heterocycles. The Kier molecular flexibility index (Phi) is 3.54. The molecule has 2 rings (SSSR count). The van der Waals surface area contributed by atoms with Gasteiger partial charge < -0.3 is 5.11 Å². The largest absolute Gasteiger partial charge is 0.392 e. The maximum Gasteiger partial charge on any atom is 0.262 e. The topological polar surface area (TPSA) is 84.2 Å². The lowest BCUT2D eigenvalue weighted by Crippen LogP contribution is -2.15. The molecule has 0 saturated carbocycles. The lowest BCUT2D eigenvalue weighted by molar-refractivity contribution is 0.278. The van der Waals surface area contributed by atoms with E-state index in [4.69, 9.17) is 5.11 Å². The van der Waals surface area contributed by atoms with E-state index in [1.807, 2.05) is 0 Å². The molecule has 19 heavy (non-hydrogen) atoms. The molecule has 0 unspecified atom stereocenters. The molecular formula is C11H12FN3O3S. The van der Waals surface area contributed by atoms with Crippen molar-refractivity contribution in [2.75, 3.05) is 4.72 Å². The van der Waals surface area contributed by atoms with E-state index >= 15 is 0 Å². The minimum Gasteiger partial charge on any atom is -0.392 e. The normalized spacial score (nSPS) is 11.5. The van der Waals surface area contributed by atoms with Crippen LogP contribution in [0.25, 0.3) is 0 Å². The molecule has 0 aliphatic rings. The number of halogens is 1. The summed E-state index contributed by atoms with van der Waals surface area (Å²) in [5, 5.41) is 12.9. The summed E-state index contributed by atoms with van der Waals surface area (Å²) >= 11 is 0. The summed E-state index contributed by atoms with van der Waals surface area (Å²) in [5.74, 6) is -0.691. The van der Waals surface area contributed by atoms with Crippen molar-refractivity contribution in [2.45, 2.75) is 11.5 Å². The van der Waals surface area contributed by atoms with Crippen LogP contribution in [0.4, 0.5) is 10.1 Å². The van der Waals surface area contributed by atoms with E-state index in [1.54, 1.807) is 7.05 Å². The zero-order valence-corrected chi connectivity index (χ0v) is 10.9. The van der Waals surface area contributed by atoms with E-state index in [-0.39, 0.29) is 16.1 Å². The van der Waals surface area contributed by atoms with Crippen molar-refractivity contribution >= 4 is 15.7 Å². The van der Waals surface area contributed by atoms with Crippen molar-refractivity contribution in [3.05, 3.63) is 42.0 Å². The van der Waals surface area contributed by atoms with Crippen LogP contribution in [-0.4, -0.2) is 23.3 Å². The molecule has 0 atom stereocenters. The number of aliphatic hydroxyl groups excluding tert-OH is 1. The second-order valence-electron chi connectivity index (χ2n) is 3.92. The lowest BCUT2D eigenvalue weighted by Gasteiger charge is -2.09. The number of hydrogen-bond acceptors (Lipinski definition) is 4. The predicted molar refractivity (Wildman–Crippen MR) is 66.3 cm³/mol. The van der Waals surface area contributed by atoms with Gasteiger partial charge in [0.25, 0.3) is 10.0 Å². The Hall–Kier alpha value is -1.93. The molecule has 0 bridgehead atoms. The molecule has 0 aliphatic carbocycles. The van der Waals surface area contributed by atoms with Gasteiger partial charge in [-0.05, 0) is 17.7 Å². The summed E-state index contributed by atoms with van der Waals surface area (Å²) in [6.07, 6.45) is 2.80. The Morgan fingerprint density at radius 2 is 2.21 bits per heavy atom. The number of nitrogens with zero attached hydrogens (tertiary/aromatic N) is 2. The standard InChI is InChI=1S/C11H12FN3O3S/c1-15-6-10(5-13-15)14-19(17,18)11-4-9(12)3-2-8(11)7-16/h2-6,14,16H,7H2,1H3. The molecule has 0 radical (unpaired) electrons. The van der Waals surface area contributed by atoms with Crippen LogP contribution in [0.5, 0.6) is 0 Å². The lowest BCUT2D eigenvalue weighted by atomic mass is 10.2. The second kappa shape index (κ2) is 4.98. The van der Waals surface area contributed by atoms with Crippen molar-refractivity contribution in [3.8, 4) is 0 Å². The van der Waals surface area contributed by atoms with Gasteiger partial charge in [0, 0.05) is 13.2 Å². The maximum atomic E-state index is 13.2. The third-order valence-electron chi connectivity index (χ3n) is 2.45. The van der Waals surface area contributed by atoms with Crippen LogP contribution in [0.3, 0.4) is 0 Å². The molecule has 1 heterocycles. The molecule has 102 valence electrons. The Morgan fingerprint density at radius 1 is 1.47 bits per heavy atom. The van der Waals surface area contributed by atoms with Gasteiger partial charge in [-0.15, -0.1) is 0 Å². The fraction of sp³-hybridized carbons (Fsp3) is 0.182. The maximum absolute atomic E-state index is 13.2. The number of sulfonamides is 1. The van der Waals surface area contributed by atoms with Gasteiger partial charge in [-0.1, -0.05) is 6.07 Å². The number of rotatable bonds is 4. The van der Waals surface area contributed by atoms with Gasteiger partial charge in [0.1, 0.15) is 5.82 Å². The average Bonchev–Trinajstić information content (AvgIpc) is 2.74. The molecule has 0 saturated heterocycles. The van der Waals surface area contributed by atoms with Gasteiger partial charge >= 0.3 is 0 Å². The van der Waals surface area contributed by atoms with E-state index in [9.17, 15) is 12.8 Å². The van der Waals surface area contributed by atoms with E-state index in [0.29, 0.717) is 0 Å². The van der Waals surface area contributed by atoms with Gasteiger partial charge in [-0.3, -0.25) is 9.40 Å². The fourth-order valence-electron chi connectivity index (χ4n) is 1.59. The average molecular weight is 285 g/mol. The van der Waals surface area contributed by atoms with Crippen LogP contribution in [0.2, 0.25) is 0 Å². The molecule has 0 fully saturated rings. The SMILES string of the molecule is Cn1cc(NS(=O)(=O)c2cc(F)ccc2CO)cn1. The monoisotopic (exact) mass is 285 g/mol. The van der Waals surface area contributed by atoms with Crippen LogP contribution in [0.15, 0.2) is 35.5 Å². The first kappa shape index (κ1) is 13.5. The number of aliphatic hydroxyl groups is 1. The highest BCUT2D eigenvalue weighted by Crippen LogP contribution is 2.20. The number of hydrogen-bond donors (Lipinski definition) is 2. The molecule has 1 aromatic carbocycles. The first-order valence-electron chi connectivity index (χ1n) is 5.33. The first-order valence-corrected chi connectivity index (χ1v) is 6.81.